The van der Waals surface area contributed by atoms with Crippen molar-refractivity contribution in [2.75, 3.05) is 10.7 Å². The maximum atomic E-state index is 14.4. The van der Waals surface area contributed by atoms with E-state index in [1.54, 1.807) is 12.1 Å². The van der Waals surface area contributed by atoms with E-state index in [0.29, 0.717) is 22.7 Å². The van der Waals surface area contributed by atoms with Gasteiger partial charge in [-0.25, -0.2) is 33.4 Å². The smallest absolute Gasteiger partial charge is 0.283 e. The summed E-state index contributed by atoms with van der Waals surface area (Å²) >= 11 is 0. The van der Waals surface area contributed by atoms with Crippen molar-refractivity contribution >= 4 is 33.6 Å². The summed E-state index contributed by atoms with van der Waals surface area (Å²) in [6, 6.07) is 9.78. The Kier molecular flexibility index (Phi) is 6.20. The van der Waals surface area contributed by atoms with Crippen LogP contribution in [0.15, 0.2) is 59.9 Å². The fourth-order valence-electron chi connectivity index (χ4n) is 3.22. The van der Waals surface area contributed by atoms with Gasteiger partial charge in [-0.15, -0.1) is 0 Å². The van der Waals surface area contributed by atoms with Crippen LogP contribution in [0.3, 0.4) is 0 Å². The third kappa shape index (κ3) is 4.33. The summed E-state index contributed by atoms with van der Waals surface area (Å²) in [6.07, 6.45) is 2.84. The van der Waals surface area contributed by atoms with Crippen molar-refractivity contribution in [1.82, 2.24) is 29.6 Å². The van der Waals surface area contributed by atoms with Crippen LogP contribution >= 0.6 is 0 Å². The Balaban J connectivity index is 0.00000126. The van der Waals surface area contributed by atoms with E-state index in [1.807, 2.05) is 13.8 Å². The molecule has 33 heavy (non-hydrogen) atoms. The first-order valence-electron chi connectivity index (χ1n) is 10.2. The minimum atomic E-state index is -0.695. The third-order valence-electron chi connectivity index (χ3n) is 4.62. The number of imidazole rings is 1. The van der Waals surface area contributed by atoms with Gasteiger partial charge in [0.2, 0.25) is 0 Å². The molecule has 5 aromatic rings. The Hall–Kier alpha value is -4.41. The fraction of sp³-hybridized carbons (Fsp3) is 0.136. The molecule has 3 heterocycles. The summed E-state index contributed by atoms with van der Waals surface area (Å²) in [5.41, 5.74) is 3.72. The van der Waals surface area contributed by atoms with Crippen molar-refractivity contribution in [2.45, 2.75) is 20.4 Å². The Bertz CT molecular complexity index is 1480. The second-order valence-electron chi connectivity index (χ2n) is 6.60. The maximum Gasteiger partial charge on any atom is 0.283 e. The summed E-state index contributed by atoms with van der Waals surface area (Å²) in [4.78, 5) is 32.8. The van der Waals surface area contributed by atoms with Gasteiger partial charge in [-0.2, -0.15) is 0 Å². The maximum absolute atomic E-state index is 14.4. The van der Waals surface area contributed by atoms with Gasteiger partial charge in [0, 0.05) is 0 Å². The van der Waals surface area contributed by atoms with Gasteiger partial charge in [0.05, 0.1) is 24.1 Å². The molecule has 5 rings (SSSR count). The minimum absolute atomic E-state index is 0.0507. The molecule has 11 heteroatoms. The van der Waals surface area contributed by atoms with Crippen molar-refractivity contribution in [2.24, 2.45) is 0 Å². The number of halogens is 2. The highest BCUT2D eigenvalue weighted by atomic mass is 19.1. The Labute approximate surface area is 186 Å². The molecule has 168 valence electrons. The van der Waals surface area contributed by atoms with Gasteiger partial charge in [0.1, 0.15) is 28.9 Å². The Morgan fingerprint density at radius 2 is 1.88 bits per heavy atom. The quantitative estimate of drug-likeness (QED) is 0.373. The summed E-state index contributed by atoms with van der Waals surface area (Å²) < 4.78 is 29.1. The summed E-state index contributed by atoms with van der Waals surface area (Å²) in [6.45, 7) is 4.05. The van der Waals surface area contributed by atoms with Gasteiger partial charge in [-0.1, -0.05) is 26.0 Å². The molecule has 0 fully saturated rings. The average molecular weight is 450 g/mol. The van der Waals surface area contributed by atoms with E-state index in [1.165, 1.54) is 43.0 Å². The average Bonchev–Trinajstić information content (AvgIpc) is 3.31. The van der Waals surface area contributed by atoms with Gasteiger partial charge < -0.3 is 10.3 Å². The lowest BCUT2D eigenvalue weighted by Gasteiger charge is -2.16. The van der Waals surface area contributed by atoms with Crippen molar-refractivity contribution < 1.29 is 8.78 Å². The molecular formula is C22H20F2N8O. The number of anilines is 2. The first kappa shape index (κ1) is 21.8. The van der Waals surface area contributed by atoms with Gasteiger partial charge in [-0.3, -0.25) is 10.2 Å². The van der Waals surface area contributed by atoms with Gasteiger partial charge in [0.25, 0.3) is 5.56 Å². The van der Waals surface area contributed by atoms with Crippen LogP contribution in [0, 0.1) is 11.6 Å². The molecule has 0 aliphatic heterocycles. The zero-order valence-electron chi connectivity index (χ0n) is 17.8. The van der Waals surface area contributed by atoms with Crippen LogP contribution in [0.25, 0.3) is 22.1 Å². The first-order chi connectivity index (χ1) is 16.1. The molecule has 0 aliphatic carbocycles. The van der Waals surface area contributed by atoms with E-state index < -0.39 is 17.2 Å². The molecule has 0 atom stereocenters. The largest absolute Gasteiger partial charge is 0.361 e. The second-order valence-corrected chi connectivity index (χ2v) is 6.60. The topological polar surface area (TPSA) is 113 Å². The molecule has 0 aliphatic rings. The molecule has 0 saturated carbocycles. The van der Waals surface area contributed by atoms with Gasteiger partial charge >= 0.3 is 0 Å². The Morgan fingerprint density at radius 1 is 1.06 bits per heavy atom. The van der Waals surface area contributed by atoms with Crippen molar-refractivity contribution in [3.63, 3.8) is 0 Å². The number of rotatable bonds is 5. The van der Waals surface area contributed by atoms with Crippen LogP contribution in [0.2, 0.25) is 0 Å². The van der Waals surface area contributed by atoms with Crippen molar-refractivity contribution in [1.29, 1.82) is 0 Å². The van der Waals surface area contributed by atoms with E-state index in [-0.39, 0.29) is 23.3 Å². The molecule has 3 N–H and O–H groups in total. The normalized spacial score (nSPS) is 10.7. The first-order valence-corrected chi connectivity index (χ1v) is 10.2. The monoisotopic (exact) mass is 450 g/mol. The zero-order chi connectivity index (χ0) is 23.4. The van der Waals surface area contributed by atoms with E-state index in [4.69, 9.17) is 0 Å². The molecule has 2 aromatic carbocycles. The van der Waals surface area contributed by atoms with Crippen LogP contribution in [-0.2, 0) is 6.54 Å². The second kappa shape index (κ2) is 9.39. The number of nitrogens with one attached hydrogen (secondary N) is 3. The van der Waals surface area contributed by atoms with Crippen molar-refractivity contribution in [3.8, 4) is 0 Å². The van der Waals surface area contributed by atoms with E-state index in [9.17, 15) is 13.6 Å². The van der Waals surface area contributed by atoms with Crippen LogP contribution in [-0.4, -0.2) is 29.6 Å². The third-order valence-corrected chi connectivity index (χ3v) is 4.62. The lowest BCUT2D eigenvalue weighted by atomic mass is 10.2. The van der Waals surface area contributed by atoms with Crippen LogP contribution in [0.5, 0.6) is 0 Å². The number of hydrogen-bond acceptors (Lipinski definition) is 7. The molecule has 3 aromatic heterocycles. The molecule has 0 spiro atoms. The molecule has 0 bridgehead atoms. The SMILES string of the molecule is CC.O=c1c2c(F)cccc2nc(CNc2ncnc3nc[nH]c23)n1Nc1cccc(F)c1. The predicted molar refractivity (Wildman–Crippen MR) is 122 cm³/mol. The fourth-order valence-corrected chi connectivity index (χ4v) is 3.22. The Morgan fingerprint density at radius 3 is 2.70 bits per heavy atom. The highest BCUT2D eigenvalue weighted by Gasteiger charge is 2.16. The lowest BCUT2D eigenvalue weighted by Crippen LogP contribution is -2.32. The van der Waals surface area contributed by atoms with Crippen molar-refractivity contribution in [3.05, 3.63) is 82.9 Å². The number of H-pyrrole nitrogens is 1. The van der Waals surface area contributed by atoms with Crippen LogP contribution < -0.4 is 16.3 Å². The number of nitrogens with zero attached hydrogens (tertiary/aromatic N) is 5. The number of hydrogen-bond donors (Lipinski definition) is 3. The molecule has 0 unspecified atom stereocenters. The standard InChI is InChI=1S/C20H14F2N8O.C2H6/c21-11-3-1-4-12(7-11)29-30-15(28-14-6-2-5-13(22)16(14)20(30)31)8-23-18-17-19(25-9-24-17)27-10-26-18;1-2/h1-7,9-10,29H,8H2,(H2,23,24,25,26,27);1-2H3. The molecule has 0 saturated heterocycles. The number of fused-ring (bicyclic) bond motifs is 2. The van der Waals surface area contributed by atoms with E-state index in [2.05, 4.69) is 35.7 Å². The van der Waals surface area contributed by atoms with Crippen LogP contribution in [0.4, 0.5) is 20.3 Å². The predicted octanol–water partition coefficient (Wildman–Crippen LogP) is 3.85. The van der Waals surface area contributed by atoms with Crippen LogP contribution in [0.1, 0.15) is 19.7 Å². The lowest BCUT2D eigenvalue weighted by molar-refractivity contribution is 0.627. The molecule has 0 amide bonds. The molecule has 9 nitrogen and oxygen atoms in total. The molecule has 0 radical (unpaired) electrons. The van der Waals surface area contributed by atoms with Gasteiger partial charge in [-0.05, 0) is 30.3 Å². The zero-order valence-corrected chi connectivity index (χ0v) is 17.8. The summed E-state index contributed by atoms with van der Waals surface area (Å²) in [7, 11) is 0. The van der Waals surface area contributed by atoms with Gasteiger partial charge in [0.15, 0.2) is 17.3 Å². The minimum Gasteiger partial charge on any atom is -0.361 e. The summed E-state index contributed by atoms with van der Waals surface area (Å²) in [5.74, 6) is -0.494. The number of aromatic amines is 1. The highest BCUT2D eigenvalue weighted by molar-refractivity contribution is 5.82. The molecular weight excluding hydrogens is 430 g/mol. The number of benzene rings is 2. The van der Waals surface area contributed by atoms with E-state index >= 15 is 0 Å². The number of aromatic nitrogens is 6. The van der Waals surface area contributed by atoms with E-state index in [0.717, 1.165) is 4.68 Å². The summed E-state index contributed by atoms with van der Waals surface area (Å²) in [5, 5.41) is 2.91. The highest BCUT2D eigenvalue weighted by Crippen LogP contribution is 2.17.